The van der Waals surface area contributed by atoms with Crippen molar-refractivity contribution in [2.75, 3.05) is 27.7 Å². The number of halogens is 1. The molecule has 0 aliphatic carbocycles. The van der Waals surface area contributed by atoms with Gasteiger partial charge in [0.25, 0.3) is 0 Å². The van der Waals surface area contributed by atoms with Gasteiger partial charge in [-0.2, -0.15) is 0 Å². The van der Waals surface area contributed by atoms with E-state index in [1.54, 1.807) is 14.1 Å². The van der Waals surface area contributed by atoms with Crippen LogP contribution in [0.1, 0.15) is 0 Å². The normalized spacial score (nSPS) is 11.3. The maximum atomic E-state index is 11.3. The number of amides is 2. The minimum atomic E-state index is -0.805. The van der Waals surface area contributed by atoms with E-state index in [1.165, 1.54) is 12.0 Å². The average Bonchev–Trinajstić information content (AvgIpc) is 2.31. The highest BCUT2D eigenvalue weighted by molar-refractivity contribution is 5.94. The molecule has 0 aliphatic heterocycles. The third kappa shape index (κ3) is 7.64. The lowest BCUT2D eigenvalue weighted by Gasteiger charge is -2.16. The third-order valence-electron chi connectivity index (χ3n) is 1.83. The van der Waals surface area contributed by atoms with Crippen molar-refractivity contribution in [1.82, 2.24) is 10.2 Å². The average molecular weight is 280 g/mol. The van der Waals surface area contributed by atoms with E-state index < -0.39 is 17.9 Å². The van der Waals surface area contributed by atoms with Crippen molar-refractivity contribution < 1.29 is 19.1 Å². The minimum Gasteiger partial charge on any atom is -0.466 e. The summed E-state index contributed by atoms with van der Waals surface area (Å²) in [6, 6.07) is -0.805. The van der Waals surface area contributed by atoms with Gasteiger partial charge in [-0.25, -0.2) is 4.79 Å². The number of nitrogens with two attached hydrogens (primary N) is 1. The van der Waals surface area contributed by atoms with E-state index in [9.17, 15) is 14.4 Å². The number of hydrogen-bond acceptors (Lipinski definition) is 5. The molecule has 0 spiro atoms. The SMILES string of the molecule is COC(=O)/C=C/C(=O)NC[C@H](N)C(=O)N(C)C.Cl. The molecule has 0 aliphatic rings. The van der Waals surface area contributed by atoms with Gasteiger partial charge in [0.2, 0.25) is 11.8 Å². The topological polar surface area (TPSA) is 102 Å². The van der Waals surface area contributed by atoms with Gasteiger partial charge in [-0.1, -0.05) is 0 Å². The fraction of sp³-hybridized carbons (Fsp3) is 0.500. The number of ether oxygens (including phenoxy) is 1. The lowest BCUT2D eigenvalue weighted by molar-refractivity contribution is -0.135. The van der Waals surface area contributed by atoms with Gasteiger partial charge in [-0.3, -0.25) is 9.59 Å². The van der Waals surface area contributed by atoms with E-state index in [4.69, 9.17) is 5.73 Å². The Morgan fingerprint density at radius 1 is 1.33 bits per heavy atom. The number of carbonyl (C=O) groups excluding carboxylic acids is 3. The van der Waals surface area contributed by atoms with Crippen molar-refractivity contribution in [3.63, 3.8) is 0 Å². The number of rotatable bonds is 5. The Morgan fingerprint density at radius 2 is 1.89 bits per heavy atom. The van der Waals surface area contributed by atoms with Crippen LogP contribution in [0.25, 0.3) is 0 Å². The molecular formula is C10H18ClN3O4. The zero-order valence-corrected chi connectivity index (χ0v) is 11.3. The Balaban J connectivity index is 0. The van der Waals surface area contributed by atoms with E-state index >= 15 is 0 Å². The van der Waals surface area contributed by atoms with E-state index in [0.717, 1.165) is 12.2 Å². The van der Waals surface area contributed by atoms with Crippen molar-refractivity contribution in [2.45, 2.75) is 6.04 Å². The van der Waals surface area contributed by atoms with Gasteiger partial charge in [-0.05, 0) is 0 Å². The van der Waals surface area contributed by atoms with Crippen molar-refractivity contribution in [2.24, 2.45) is 5.73 Å². The minimum absolute atomic E-state index is 0. The molecule has 0 unspecified atom stereocenters. The molecule has 0 aromatic carbocycles. The summed E-state index contributed by atoms with van der Waals surface area (Å²) in [6.07, 6.45) is 1.99. The molecule has 0 rings (SSSR count). The van der Waals surface area contributed by atoms with Crippen LogP contribution in [-0.2, 0) is 19.1 Å². The lowest BCUT2D eigenvalue weighted by atomic mass is 10.3. The number of nitrogens with zero attached hydrogens (tertiary/aromatic N) is 1. The smallest absolute Gasteiger partial charge is 0.330 e. The predicted octanol–water partition coefficient (Wildman–Crippen LogP) is -1.33. The second-order valence-electron chi connectivity index (χ2n) is 3.44. The second kappa shape index (κ2) is 9.43. The lowest BCUT2D eigenvalue weighted by Crippen LogP contribution is -2.47. The van der Waals surface area contributed by atoms with Crippen LogP contribution >= 0.6 is 12.4 Å². The zero-order chi connectivity index (χ0) is 13.4. The first-order chi connectivity index (χ1) is 7.88. The Bertz CT molecular complexity index is 331. The summed E-state index contributed by atoms with van der Waals surface area (Å²) in [7, 11) is 4.35. The van der Waals surface area contributed by atoms with Crippen LogP contribution in [-0.4, -0.2) is 56.5 Å². The molecule has 1 atom stereocenters. The zero-order valence-electron chi connectivity index (χ0n) is 10.5. The summed E-state index contributed by atoms with van der Waals surface area (Å²) >= 11 is 0. The molecule has 8 heteroatoms. The molecule has 18 heavy (non-hydrogen) atoms. The molecule has 7 nitrogen and oxygen atoms in total. The summed E-state index contributed by atoms with van der Waals surface area (Å²) in [6.45, 7) is 0.00135. The fourth-order valence-corrected chi connectivity index (χ4v) is 0.900. The second-order valence-corrected chi connectivity index (χ2v) is 3.44. The Labute approximate surface area is 112 Å². The highest BCUT2D eigenvalue weighted by Crippen LogP contribution is 1.85. The number of esters is 1. The molecule has 104 valence electrons. The molecule has 0 heterocycles. The molecular weight excluding hydrogens is 262 g/mol. The summed E-state index contributed by atoms with van der Waals surface area (Å²) in [5.74, 6) is -1.44. The maximum absolute atomic E-state index is 11.3. The Morgan fingerprint density at radius 3 is 2.33 bits per heavy atom. The maximum Gasteiger partial charge on any atom is 0.330 e. The van der Waals surface area contributed by atoms with Crippen molar-refractivity contribution in [1.29, 1.82) is 0 Å². The molecule has 0 radical (unpaired) electrons. The summed E-state index contributed by atoms with van der Waals surface area (Å²) in [5, 5.41) is 2.39. The molecule has 0 bridgehead atoms. The quantitative estimate of drug-likeness (QED) is 0.479. The molecule has 0 saturated carbocycles. The van der Waals surface area contributed by atoms with Crippen LogP contribution in [0.3, 0.4) is 0 Å². The van der Waals surface area contributed by atoms with Gasteiger partial charge in [0.15, 0.2) is 0 Å². The van der Waals surface area contributed by atoms with E-state index in [1.807, 2.05) is 0 Å². The highest BCUT2D eigenvalue weighted by atomic mass is 35.5. The Kier molecular flexibility index (Phi) is 9.83. The molecule has 0 saturated heterocycles. The first-order valence-corrected chi connectivity index (χ1v) is 4.89. The molecule has 2 amide bonds. The number of nitrogens with one attached hydrogen (secondary N) is 1. The van der Waals surface area contributed by atoms with Crippen LogP contribution in [0, 0.1) is 0 Å². The van der Waals surface area contributed by atoms with Crippen LogP contribution in [0.2, 0.25) is 0 Å². The highest BCUT2D eigenvalue weighted by Gasteiger charge is 2.15. The Hall–Kier alpha value is -1.60. The number of carbonyl (C=O) groups is 3. The number of methoxy groups -OCH3 is 1. The third-order valence-corrected chi connectivity index (χ3v) is 1.83. The van der Waals surface area contributed by atoms with Crippen LogP contribution < -0.4 is 11.1 Å². The van der Waals surface area contributed by atoms with Gasteiger partial charge >= 0.3 is 5.97 Å². The fourth-order valence-electron chi connectivity index (χ4n) is 0.900. The largest absolute Gasteiger partial charge is 0.466 e. The molecule has 3 N–H and O–H groups in total. The first-order valence-electron chi connectivity index (χ1n) is 4.89. The van der Waals surface area contributed by atoms with Crippen LogP contribution in [0.5, 0.6) is 0 Å². The summed E-state index contributed by atoms with van der Waals surface area (Å²) < 4.78 is 4.30. The summed E-state index contributed by atoms with van der Waals surface area (Å²) in [4.78, 5) is 34.5. The van der Waals surface area contributed by atoms with Crippen molar-refractivity contribution >= 4 is 30.2 Å². The molecule has 0 aromatic heterocycles. The number of hydrogen-bond donors (Lipinski definition) is 2. The van der Waals surface area contributed by atoms with Gasteiger partial charge in [0.05, 0.1) is 7.11 Å². The van der Waals surface area contributed by atoms with E-state index in [0.29, 0.717) is 0 Å². The van der Waals surface area contributed by atoms with E-state index in [-0.39, 0.29) is 24.9 Å². The monoisotopic (exact) mass is 279 g/mol. The van der Waals surface area contributed by atoms with Gasteiger partial charge in [0.1, 0.15) is 6.04 Å². The van der Waals surface area contributed by atoms with Crippen molar-refractivity contribution in [3.8, 4) is 0 Å². The predicted molar refractivity (Wildman–Crippen MR) is 68.1 cm³/mol. The summed E-state index contributed by atoms with van der Waals surface area (Å²) in [5.41, 5.74) is 5.53. The van der Waals surface area contributed by atoms with Crippen LogP contribution in [0.4, 0.5) is 0 Å². The first kappa shape index (κ1) is 18.8. The van der Waals surface area contributed by atoms with Crippen molar-refractivity contribution in [3.05, 3.63) is 12.2 Å². The van der Waals surface area contributed by atoms with Gasteiger partial charge in [-0.15, -0.1) is 12.4 Å². The van der Waals surface area contributed by atoms with E-state index in [2.05, 4.69) is 10.1 Å². The molecule has 0 aromatic rings. The van der Waals surface area contributed by atoms with Gasteiger partial charge < -0.3 is 20.7 Å². The molecule has 0 fully saturated rings. The number of likely N-dealkylation sites (N-methyl/N-ethyl adjacent to an activating group) is 1. The standard InChI is InChI=1S/C10H17N3O4.ClH/c1-13(2)10(16)7(11)6-12-8(14)4-5-9(15)17-3;/h4-5,7H,6,11H2,1-3H3,(H,12,14);1H/b5-4+;/t7-;/m0./s1. The van der Waals surface area contributed by atoms with Gasteiger partial charge in [0, 0.05) is 32.8 Å². The van der Waals surface area contributed by atoms with Crippen LogP contribution in [0.15, 0.2) is 12.2 Å².